The second kappa shape index (κ2) is 6.15. The number of hydrogen-bond donors (Lipinski definition) is 1. The van der Waals surface area contributed by atoms with Gasteiger partial charge in [0, 0.05) is 17.3 Å². The predicted molar refractivity (Wildman–Crippen MR) is 86.7 cm³/mol. The van der Waals surface area contributed by atoms with Crippen LogP contribution in [0, 0.1) is 28.5 Å². The molecule has 24 heavy (non-hydrogen) atoms. The molecule has 0 radical (unpaired) electrons. The van der Waals surface area contributed by atoms with Gasteiger partial charge in [-0.25, -0.2) is 9.37 Å². The highest BCUT2D eigenvalue weighted by Crippen LogP contribution is 2.31. The summed E-state index contributed by atoms with van der Waals surface area (Å²) in [5.41, 5.74) is 7.88. The standard InChI is InChI=1S/C18H10FN5/c19-15-4-2-1-3-12(15)13-7-17(24-18(22)14(13)9-21)16-6-5-11(8-20)10-23-16/h1-7,10H,(H2,22,24). The van der Waals surface area contributed by atoms with Crippen LogP contribution in [0.1, 0.15) is 11.1 Å². The Kier molecular flexibility index (Phi) is 3.88. The van der Waals surface area contributed by atoms with Gasteiger partial charge in [0.25, 0.3) is 0 Å². The number of rotatable bonds is 2. The SMILES string of the molecule is N#Cc1ccc(-c2cc(-c3ccccc3F)c(C#N)c(N)n2)nc1. The highest BCUT2D eigenvalue weighted by atomic mass is 19.1. The van der Waals surface area contributed by atoms with E-state index in [4.69, 9.17) is 11.0 Å². The van der Waals surface area contributed by atoms with Crippen molar-refractivity contribution >= 4 is 5.82 Å². The molecule has 114 valence electrons. The summed E-state index contributed by atoms with van der Waals surface area (Å²) in [5, 5.41) is 18.2. The Balaban J connectivity index is 2.22. The van der Waals surface area contributed by atoms with Crippen LogP contribution in [0.2, 0.25) is 0 Å². The molecule has 0 fully saturated rings. The lowest BCUT2D eigenvalue weighted by Gasteiger charge is -2.10. The van der Waals surface area contributed by atoms with Crippen molar-refractivity contribution in [3.8, 4) is 34.7 Å². The second-order valence-corrected chi connectivity index (χ2v) is 4.95. The van der Waals surface area contributed by atoms with E-state index in [0.717, 1.165) is 0 Å². The average molecular weight is 315 g/mol. The van der Waals surface area contributed by atoms with Crippen LogP contribution in [0.5, 0.6) is 0 Å². The molecule has 0 aliphatic rings. The third-order valence-corrected chi connectivity index (χ3v) is 3.48. The van der Waals surface area contributed by atoms with Crippen LogP contribution >= 0.6 is 0 Å². The summed E-state index contributed by atoms with van der Waals surface area (Å²) in [7, 11) is 0. The zero-order valence-corrected chi connectivity index (χ0v) is 12.4. The zero-order valence-electron chi connectivity index (χ0n) is 12.4. The maximum Gasteiger partial charge on any atom is 0.142 e. The van der Waals surface area contributed by atoms with Gasteiger partial charge in [-0.3, -0.25) is 4.98 Å². The van der Waals surface area contributed by atoms with Gasteiger partial charge in [-0.05, 0) is 24.3 Å². The Morgan fingerprint density at radius 1 is 0.958 bits per heavy atom. The van der Waals surface area contributed by atoms with Gasteiger partial charge in [0.05, 0.1) is 17.0 Å². The Morgan fingerprint density at radius 3 is 2.38 bits per heavy atom. The highest BCUT2D eigenvalue weighted by molar-refractivity contribution is 5.79. The molecule has 0 unspecified atom stereocenters. The largest absolute Gasteiger partial charge is 0.383 e. The Labute approximate surface area is 137 Å². The van der Waals surface area contributed by atoms with E-state index < -0.39 is 5.82 Å². The molecule has 0 saturated heterocycles. The monoisotopic (exact) mass is 315 g/mol. The fourth-order valence-electron chi connectivity index (χ4n) is 2.32. The second-order valence-electron chi connectivity index (χ2n) is 4.95. The molecule has 5 nitrogen and oxygen atoms in total. The summed E-state index contributed by atoms with van der Waals surface area (Å²) in [4.78, 5) is 8.33. The number of benzene rings is 1. The van der Waals surface area contributed by atoms with Gasteiger partial charge in [-0.2, -0.15) is 10.5 Å². The smallest absolute Gasteiger partial charge is 0.142 e. The fraction of sp³-hybridized carbons (Fsp3) is 0. The van der Waals surface area contributed by atoms with Gasteiger partial charge < -0.3 is 5.73 Å². The van der Waals surface area contributed by atoms with E-state index in [1.165, 1.54) is 12.3 Å². The van der Waals surface area contributed by atoms with Crippen molar-refractivity contribution in [2.75, 3.05) is 5.73 Å². The summed E-state index contributed by atoms with van der Waals surface area (Å²) in [5.74, 6) is -0.460. The summed E-state index contributed by atoms with van der Waals surface area (Å²) in [6.45, 7) is 0. The summed E-state index contributed by atoms with van der Waals surface area (Å²) < 4.78 is 14.1. The van der Waals surface area contributed by atoms with Gasteiger partial charge in [-0.15, -0.1) is 0 Å². The maximum absolute atomic E-state index is 14.1. The van der Waals surface area contributed by atoms with Crippen LogP contribution in [0.3, 0.4) is 0 Å². The molecule has 0 aliphatic heterocycles. The van der Waals surface area contributed by atoms with Crippen LogP contribution in [-0.4, -0.2) is 9.97 Å². The molecule has 1 aromatic carbocycles. The topological polar surface area (TPSA) is 99.4 Å². The molecule has 2 N–H and O–H groups in total. The van der Waals surface area contributed by atoms with Crippen LogP contribution < -0.4 is 5.73 Å². The number of anilines is 1. The molecule has 6 heteroatoms. The Hall–Kier alpha value is -3.77. The third kappa shape index (κ3) is 2.65. The molecule has 0 amide bonds. The van der Waals surface area contributed by atoms with Gasteiger partial charge in [0.2, 0.25) is 0 Å². The Bertz CT molecular complexity index is 997. The van der Waals surface area contributed by atoms with Crippen LogP contribution in [0.4, 0.5) is 10.2 Å². The number of aromatic nitrogens is 2. The minimum Gasteiger partial charge on any atom is -0.383 e. The minimum absolute atomic E-state index is 0.000544. The van der Waals surface area contributed by atoms with Crippen molar-refractivity contribution in [2.24, 2.45) is 0 Å². The average Bonchev–Trinajstić information content (AvgIpc) is 2.61. The number of nitrogens with zero attached hydrogens (tertiary/aromatic N) is 4. The number of nitriles is 2. The molecule has 0 spiro atoms. The van der Waals surface area contributed by atoms with Crippen molar-refractivity contribution in [3.05, 3.63) is 65.6 Å². The number of nitrogen functional groups attached to an aromatic ring is 1. The number of pyridine rings is 2. The first-order chi connectivity index (χ1) is 11.6. The van der Waals surface area contributed by atoms with Gasteiger partial charge in [0.1, 0.15) is 29.3 Å². The first-order valence-electron chi connectivity index (χ1n) is 6.96. The molecule has 0 aliphatic carbocycles. The zero-order chi connectivity index (χ0) is 17.1. The van der Waals surface area contributed by atoms with E-state index in [1.807, 2.05) is 12.1 Å². The number of hydrogen-bond acceptors (Lipinski definition) is 5. The molecule has 0 bridgehead atoms. The lowest BCUT2D eigenvalue weighted by molar-refractivity contribution is 0.631. The molecule has 3 aromatic rings. The molecular formula is C18H10FN5. The van der Waals surface area contributed by atoms with Crippen LogP contribution in [0.15, 0.2) is 48.7 Å². The van der Waals surface area contributed by atoms with Crippen molar-refractivity contribution in [2.45, 2.75) is 0 Å². The molecular weight excluding hydrogens is 305 g/mol. The van der Waals surface area contributed by atoms with E-state index in [9.17, 15) is 9.65 Å². The van der Waals surface area contributed by atoms with Crippen LogP contribution in [0.25, 0.3) is 22.5 Å². The summed E-state index contributed by atoms with van der Waals surface area (Å²) >= 11 is 0. The van der Waals surface area contributed by atoms with Crippen molar-refractivity contribution in [3.63, 3.8) is 0 Å². The molecule has 0 atom stereocenters. The van der Waals surface area contributed by atoms with Crippen molar-refractivity contribution in [1.82, 2.24) is 9.97 Å². The highest BCUT2D eigenvalue weighted by Gasteiger charge is 2.16. The molecule has 2 heterocycles. The van der Waals surface area contributed by atoms with E-state index in [0.29, 0.717) is 22.5 Å². The fourth-order valence-corrected chi connectivity index (χ4v) is 2.32. The third-order valence-electron chi connectivity index (χ3n) is 3.48. The first-order valence-corrected chi connectivity index (χ1v) is 6.96. The van der Waals surface area contributed by atoms with Crippen LogP contribution in [-0.2, 0) is 0 Å². The number of halogens is 1. The van der Waals surface area contributed by atoms with E-state index >= 15 is 0 Å². The summed E-state index contributed by atoms with van der Waals surface area (Å²) in [6, 6.07) is 14.9. The molecule has 2 aromatic heterocycles. The van der Waals surface area contributed by atoms with E-state index in [-0.39, 0.29) is 16.9 Å². The van der Waals surface area contributed by atoms with Gasteiger partial charge in [0.15, 0.2) is 0 Å². The van der Waals surface area contributed by atoms with Gasteiger partial charge >= 0.3 is 0 Å². The lowest BCUT2D eigenvalue weighted by atomic mass is 9.99. The van der Waals surface area contributed by atoms with E-state index in [2.05, 4.69) is 9.97 Å². The molecule has 3 rings (SSSR count). The quantitative estimate of drug-likeness (QED) is 0.782. The molecule has 0 saturated carbocycles. The van der Waals surface area contributed by atoms with E-state index in [1.54, 1.807) is 36.4 Å². The normalized spacial score (nSPS) is 9.96. The lowest BCUT2D eigenvalue weighted by Crippen LogP contribution is -2.01. The maximum atomic E-state index is 14.1. The first kappa shape index (κ1) is 15.1. The minimum atomic E-state index is -0.460. The van der Waals surface area contributed by atoms with Gasteiger partial charge in [-0.1, -0.05) is 18.2 Å². The van der Waals surface area contributed by atoms with Crippen molar-refractivity contribution in [1.29, 1.82) is 10.5 Å². The Morgan fingerprint density at radius 2 is 1.75 bits per heavy atom. The summed E-state index contributed by atoms with van der Waals surface area (Å²) in [6.07, 6.45) is 1.41. The van der Waals surface area contributed by atoms with Crippen molar-refractivity contribution < 1.29 is 4.39 Å². The number of nitrogens with two attached hydrogens (primary N) is 1. The predicted octanol–water partition coefficient (Wildman–Crippen LogP) is 3.28.